The predicted octanol–water partition coefficient (Wildman–Crippen LogP) is 0.457. The van der Waals surface area contributed by atoms with Crippen LogP contribution in [0.5, 0.6) is 11.5 Å². The first-order valence-corrected chi connectivity index (χ1v) is 6.07. The van der Waals surface area contributed by atoms with E-state index in [2.05, 4.69) is 0 Å². The topological polar surface area (TPSA) is 65.1 Å². The van der Waals surface area contributed by atoms with E-state index in [0.29, 0.717) is 43.4 Å². The summed E-state index contributed by atoms with van der Waals surface area (Å²) in [4.78, 5) is 25.7. The van der Waals surface area contributed by atoms with Crippen LogP contribution < -0.4 is 9.47 Å². The number of ether oxygens (including phenoxy) is 3. The third-order valence-corrected chi connectivity index (χ3v) is 3.13. The van der Waals surface area contributed by atoms with E-state index in [-0.39, 0.29) is 6.79 Å². The molecule has 1 aromatic rings. The van der Waals surface area contributed by atoms with Crippen molar-refractivity contribution < 1.29 is 23.8 Å². The molecule has 0 saturated carbocycles. The molecule has 1 fully saturated rings. The summed E-state index contributed by atoms with van der Waals surface area (Å²) in [5.74, 6) is 0.0679. The van der Waals surface area contributed by atoms with Crippen LogP contribution in [0.15, 0.2) is 18.2 Å². The van der Waals surface area contributed by atoms with Crippen LogP contribution in [0.3, 0.4) is 0 Å². The summed E-state index contributed by atoms with van der Waals surface area (Å²) >= 11 is 0. The molecular weight excluding hydrogens is 250 g/mol. The lowest BCUT2D eigenvalue weighted by Gasteiger charge is -2.26. The van der Waals surface area contributed by atoms with Crippen molar-refractivity contribution in [3.8, 4) is 11.5 Å². The van der Waals surface area contributed by atoms with Gasteiger partial charge in [0, 0.05) is 18.7 Å². The molecule has 0 spiro atoms. The van der Waals surface area contributed by atoms with E-state index in [1.54, 1.807) is 18.2 Å². The van der Waals surface area contributed by atoms with E-state index in [9.17, 15) is 9.59 Å². The lowest BCUT2D eigenvalue weighted by molar-refractivity contribution is -0.130. The lowest BCUT2D eigenvalue weighted by atomic mass is 10.1. The molecule has 0 aliphatic carbocycles. The second kappa shape index (κ2) is 4.89. The molecule has 1 saturated heterocycles. The fourth-order valence-electron chi connectivity index (χ4n) is 2.07. The summed E-state index contributed by atoms with van der Waals surface area (Å²) in [5.41, 5.74) is 0.320. The Bertz CT molecular complexity index is 522. The van der Waals surface area contributed by atoms with Crippen molar-refractivity contribution >= 4 is 11.7 Å². The molecule has 0 radical (unpaired) electrons. The first-order chi connectivity index (χ1) is 9.25. The summed E-state index contributed by atoms with van der Waals surface area (Å²) < 4.78 is 15.5. The fourth-order valence-corrected chi connectivity index (χ4v) is 2.07. The minimum Gasteiger partial charge on any atom is -0.454 e. The molecule has 6 heteroatoms. The zero-order chi connectivity index (χ0) is 13.2. The van der Waals surface area contributed by atoms with Crippen molar-refractivity contribution in [2.75, 3.05) is 33.1 Å². The zero-order valence-corrected chi connectivity index (χ0v) is 10.3. The predicted molar refractivity (Wildman–Crippen MR) is 64.3 cm³/mol. The normalized spacial score (nSPS) is 17.4. The van der Waals surface area contributed by atoms with Crippen LogP contribution >= 0.6 is 0 Å². The van der Waals surface area contributed by atoms with Gasteiger partial charge in [0.25, 0.3) is 11.7 Å². The maximum atomic E-state index is 12.1. The zero-order valence-electron chi connectivity index (χ0n) is 10.3. The van der Waals surface area contributed by atoms with Gasteiger partial charge in [0.15, 0.2) is 11.5 Å². The van der Waals surface area contributed by atoms with Crippen molar-refractivity contribution in [1.82, 2.24) is 4.90 Å². The Labute approximate surface area is 109 Å². The number of morpholine rings is 1. The Balaban J connectivity index is 1.77. The number of ketones is 1. The summed E-state index contributed by atoms with van der Waals surface area (Å²) in [6.07, 6.45) is 0. The molecule has 0 N–H and O–H groups in total. The number of hydrogen-bond donors (Lipinski definition) is 0. The molecule has 100 valence electrons. The average Bonchev–Trinajstić information content (AvgIpc) is 2.94. The minimum absolute atomic E-state index is 0.143. The average molecular weight is 263 g/mol. The van der Waals surface area contributed by atoms with Gasteiger partial charge in [-0.25, -0.2) is 0 Å². The molecule has 2 aliphatic heterocycles. The van der Waals surface area contributed by atoms with E-state index in [1.807, 2.05) is 0 Å². The van der Waals surface area contributed by atoms with Gasteiger partial charge in [0.2, 0.25) is 6.79 Å². The van der Waals surface area contributed by atoms with Crippen LogP contribution in [0.2, 0.25) is 0 Å². The van der Waals surface area contributed by atoms with Gasteiger partial charge in [-0.05, 0) is 18.2 Å². The van der Waals surface area contributed by atoms with Gasteiger partial charge < -0.3 is 19.1 Å². The van der Waals surface area contributed by atoms with Gasteiger partial charge >= 0.3 is 0 Å². The van der Waals surface area contributed by atoms with E-state index in [1.165, 1.54) is 4.90 Å². The molecule has 2 heterocycles. The molecule has 1 amide bonds. The van der Waals surface area contributed by atoms with Gasteiger partial charge in [-0.15, -0.1) is 0 Å². The smallest absolute Gasteiger partial charge is 0.295 e. The number of carbonyl (C=O) groups excluding carboxylic acids is 2. The number of benzene rings is 1. The van der Waals surface area contributed by atoms with Gasteiger partial charge in [-0.1, -0.05) is 0 Å². The Kier molecular flexibility index (Phi) is 3.08. The van der Waals surface area contributed by atoms with E-state index >= 15 is 0 Å². The quantitative estimate of drug-likeness (QED) is 0.573. The Morgan fingerprint density at radius 1 is 1.05 bits per heavy atom. The van der Waals surface area contributed by atoms with Crippen LogP contribution in [0.4, 0.5) is 0 Å². The molecule has 6 nitrogen and oxygen atoms in total. The summed E-state index contributed by atoms with van der Waals surface area (Å²) in [6, 6.07) is 4.76. The number of Topliss-reactive ketones (excluding diaryl/α,β-unsaturated/α-hetero) is 1. The molecule has 3 rings (SSSR count). The Hall–Kier alpha value is -2.08. The first-order valence-electron chi connectivity index (χ1n) is 6.07. The summed E-state index contributed by atoms with van der Waals surface area (Å²) in [6.45, 7) is 1.99. The maximum Gasteiger partial charge on any atom is 0.295 e. The van der Waals surface area contributed by atoms with Crippen molar-refractivity contribution in [3.05, 3.63) is 23.8 Å². The van der Waals surface area contributed by atoms with Gasteiger partial charge in [-0.3, -0.25) is 9.59 Å². The Morgan fingerprint density at radius 3 is 2.58 bits per heavy atom. The monoisotopic (exact) mass is 263 g/mol. The highest BCUT2D eigenvalue weighted by atomic mass is 16.7. The third kappa shape index (κ3) is 2.26. The number of amides is 1. The highest BCUT2D eigenvalue weighted by molar-refractivity contribution is 6.42. The van der Waals surface area contributed by atoms with Gasteiger partial charge in [0.05, 0.1) is 13.2 Å². The number of carbonyl (C=O) groups is 2. The Morgan fingerprint density at radius 2 is 1.79 bits per heavy atom. The lowest BCUT2D eigenvalue weighted by Crippen LogP contribution is -2.44. The number of fused-ring (bicyclic) bond motifs is 1. The molecule has 0 aromatic heterocycles. The molecule has 0 unspecified atom stereocenters. The minimum atomic E-state index is -0.528. The second-order valence-corrected chi connectivity index (χ2v) is 4.30. The second-order valence-electron chi connectivity index (χ2n) is 4.30. The van der Waals surface area contributed by atoms with Crippen LogP contribution in [-0.2, 0) is 9.53 Å². The van der Waals surface area contributed by atoms with Crippen LogP contribution in [0.1, 0.15) is 10.4 Å². The number of nitrogens with zero attached hydrogens (tertiary/aromatic N) is 1. The molecule has 2 aliphatic rings. The van der Waals surface area contributed by atoms with Gasteiger partial charge in [-0.2, -0.15) is 0 Å². The molecule has 0 atom stereocenters. The van der Waals surface area contributed by atoms with Crippen molar-refractivity contribution in [3.63, 3.8) is 0 Å². The standard InChI is InChI=1S/C13H13NO5/c15-12(13(16)14-3-5-17-6-4-14)9-1-2-10-11(7-9)19-8-18-10/h1-2,7H,3-6,8H2. The molecular formula is C13H13NO5. The molecule has 0 bridgehead atoms. The van der Waals surface area contributed by atoms with Gasteiger partial charge in [0.1, 0.15) is 0 Å². The van der Waals surface area contributed by atoms with Crippen molar-refractivity contribution in [2.45, 2.75) is 0 Å². The molecule has 1 aromatic carbocycles. The number of hydrogen-bond acceptors (Lipinski definition) is 5. The SMILES string of the molecule is O=C(C(=O)N1CCOCC1)c1ccc2c(c1)OCO2. The molecule has 19 heavy (non-hydrogen) atoms. The number of rotatable bonds is 2. The highest BCUT2D eigenvalue weighted by Crippen LogP contribution is 2.32. The van der Waals surface area contributed by atoms with E-state index in [0.717, 1.165) is 0 Å². The fraction of sp³-hybridized carbons (Fsp3) is 0.385. The highest BCUT2D eigenvalue weighted by Gasteiger charge is 2.26. The largest absolute Gasteiger partial charge is 0.454 e. The van der Waals surface area contributed by atoms with Crippen LogP contribution in [-0.4, -0.2) is 49.7 Å². The van der Waals surface area contributed by atoms with E-state index in [4.69, 9.17) is 14.2 Å². The van der Waals surface area contributed by atoms with Crippen LogP contribution in [0, 0.1) is 0 Å². The summed E-state index contributed by atoms with van der Waals surface area (Å²) in [7, 11) is 0. The third-order valence-electron chi connectivity index (χ3n) is 3.13. The first kappa shape index (κ1) is 12.0. The maximum absolute atomic E-state index is 12.1. The van der Waals surface area contributed by atoms with Crippen molar-refractivity contribution in [2.24, 2.45) is 0 Å². The van der Waals surface area contributed by atoms with Crippen molar-refractivity contribution in [1.29, 1.82) is 0 Å². The van der Waals surface area contributed by atoms with E-state index < -0.39 is 11.7 Å². The summed E-state index contributed by atoms with van der Waals surface area (Å²) in [5, 5.41) is 0. The van der Waals surface area contributed by atoms with Crippen LogP contribution in [0.25, 0.3) is 0 Å².